The van der Waals surface area contributed by atoms with Crippen molar-refractivity contribution in [3.05, 3.63) is 41.2 Å². The van der Waals surface area contributed by atoms with Gasteiger partial charge >= 0.3 is 5.97 Å². The van der Waals surface area contributed by atoms with Crippen LogP contribution in [-0.4, -0.2) is 46.7 Å². The molecule has 1 atom stereocenters. The summed E-state index contributed by atoms with van der Waals surface area (Å²) in [4.78, 5) is 20.1. The predicted molar refractivity (Wildman–Crippen MR) is 118 cm³/mol. The number of aryl methyl sites for hydroxylation is 2. The summed E-state index contributed by atoms with van der Waals surface area (Å²) in [6.07, 6.45) is 3.82. The summed E-state index contributed by atoms with van der Waals surface area (Å²) in [5, 5.41) is 12.6. The first kappa shape index (κ1) is 23.2. The van der Waals surface area contributed by atoms with E-state index in [9.17, 15) is 18.7 Å². The molecule has 7 nitrogen and oxygen atoms in total. The number of anilines is 1. The van der Waals surface area contributed by atoms with E-state index >= 15 is 0 Å². The first-order valence-electron chi connectivity index (χ1n) is 11.5. The number of nitrogens with zero attached hydrogens (tertiary/aromatic N) is 2. The molecule has 4 heterocycles. The summed E-state index contributed by atoms with van der Waals surface area (Å²) in [5.74, 6) is -3.40. The number of carboxylic acids is 1. The molecule has 2 aliphatic heterocycles. The van der Waals surface area contributed by atoms with Gasteiger partial charge in [0.05, 0.1) is 6.42 Å². The van der Waals surface area contributed by atoms with Crippen LogP contribution in [0.5, 0.6) is 11.6 Å². The van der Waals surface area contributed by atoms with Gasteiger partial charge in [-0.2, -0.15) is 0 Å². The maximum absolute atomic E-state index is 14.8. The van der Waals surface area contributed by atoms with Crippen molar-refractivity contribution in [1.29, 1.82) is 0 Å². The molecule has 9 heteroatoms. The van der Waals surface area contributed by atoms with Crippen LogP contribution in [0.25, 0.3) is 0 Å². The molecule has 2 aliphatic rings. The fourth-order valence-corrected chi connectivity index (χ4v) is 4.35. The van der Waals surface area contributed by atoms with Gasteiger partial charge in [-0.3, -0.25) is 4.79 Å². The van der Waals surface area contributed by atoms with Crippen molar-refractivity contribution in [2.24, 2.45) is 0 Å². The Hall–Kier alpha value is -2.97. The average Bonchev–Trinajstić information content (AvgIpc) is 2.80. The molecule has 33 heavy (non-hydrogen) atoms. The smallest absolute Gasteiger partial charge is 0.303 e. The molecular formula is C24H29F2N3O4. The molecule has 0 saturated heterocycles. The standard InChI is InChI=1S/C24H29F2N3O4/c25-24(26,8-2-1-5-19-7-6-16-4-3-9-27-22(16)29-19)14-17(13-21(30)31)18-12-20-23(28-15-18)33-11-10-32-20/h6-7,12,15,17H,1-5,8-11,13-14H2,(H,27,29)(H,30,31). The van der Waals surface area contributed by atoms with Gasteiger partial charge in [-0.1, -0.05) is 6.07 Å². The molecule has 0 amide bonds. The minimum Gasteiger partial charge on any atom is -0.484 e. The number of halogens is 2. The number of alkyl halides is 2. The number of carbonyl (C=O) groups is 1. The Bertz CT molecular complexity index is 986. The van der Waals surface area contributed by atoms with Crippen LogP contribution in [-0.2, 0) is 17.6 Å². The Morgan fingerprint density at radius 2 is 2.09 bits per heavy atom. The number of aliphatic carboxylic acids is 1. The van der Waals surface area contributed by atoms with Gasteiger partial charge in [-0.25, -0.2) is 18.7 Å². The third-order valence-corrected chi connectivity index (χ3v) is 6.03. The number of aromatic nitrogens is 2. The lowest BCUT2D eigenvalue weighted by molar-refractivity contribution is -0.138. The summed E-state index contributed by atoms with van der Waals surface area (Å²) >= 11 is 0. The number of pyridine rings is 2. The number of carboxylic acid groups (broad SMARTS) is 1. The monoisotopic (exact) mass is 461 g/mol. The maximum Gasteiger partial charge on any atom is 0.303 e. The van der Waals surface area contributed by atoms with E-state index in [0.717, 1.165) is 30.9 Å². The highest BCUT2D eigenvalue weighted by Crippen LogP contribution is 2.38. The zero-order chi connectivity index (χ0) is 23.3. The van der Waals surface area contributed by atoms with Gasteiger partial charge in [0.25, 0.3) is 5.88 Å². The molecular weight excluding hydrogens is 432 g/mol. The van der Waals surface area contributed by atoms with Crippen LogP contribution >= 0.6 is 0 Å². The molecule has 4 rings (SSSR count). The number of hydrogen-bond acceptors (Lipinski definition) is 6. The molecule has 1 unspecified atom stereocenters. The van der Waals surface area contributed by atoms with Crippen molar-refractivity contribution in [3.63, 3.8) is 0 Å². The van der Waals surface area contributed by atoms with E-state index in [2.05, 4.69) is 21.4 Å². The van der Waals surface area contributed by atoms with Crippen molar-refractivity contribution >= 4 is 11.8 Å². The molecule has 0 saturated carbocycles. The molecule has 0 spiro atoms. The van der Waals surface area contributed by atoms with E-state index in [1.54, 1.807) is 6.07 Å². The summed E-state index contributed by atoms with van der Waals surface area (Å²) in [5.41, 5.74) is 2.53. The molecule has 0 aromatic carbocycles. The van der Waals surface area contributed by atoms with Crippen LogP contribution in [0.1, 0.15) is 61.3 Å². The SMILES string of the molecule is O=C(O)CC(CC(F)(F)CCCCc1ccc2c(n1)NCCC2)c1cnc2c(c1)OCCO2. The lowest BCUT2D eigenvalue weighted by atomic mass is 9.89. The number of ether oxygens (including phenoxy) is 2. The Balaban J connectivity index is 1.33. The van der Waals surface area contributed by atoms with E-state index in [0.29, 0.717) is 49.7 Å². The fourth-order valence-electron chi connectivity index (χ4n) is 4.35. The molecule has 178 valence electrons. The lowest BCUT2D eigenvalue weighted by Gasteiger charge is -2.24. The van der Waals surface area contributed by atoms with Gasteiger partial charge in [0.2, 0.25) is 5.92 Å². The quantitative estimate of drug-likeness (QED) is 0.500. The van der Waals surface area contributed by atoms with Crippen molar-refractivity contribution in [1.82, 2.24) is 9.97 Å². The van der Waals surface area contributed by atoms with Gasteiger partial charge in [-0.15, -0.1) is 0 Å². The third kappa shape index (κ3) is 6.30. The molecule has 0 aliphatic carbocycles. The van der Waals surface area contributed by atoms with Crippen LogP contribution < -0.4 is 14.8 Å². The van der Waals surface area contributed by atoms with E-state index in [-0.39, 0.29) is 6.42 Å². The third-order valence-electron chi connectivity index (χ3n) is 6.03. The van der Waals surface area contributed by atoms with Crippen molar-refractivity contribution in [2.75, 3.05) is 25.1 Å². The molecule has 0 fully saturated rings. The minimum atomic E-state index is -2.99. The fraction of sp³-hybridized carbons (Fsp3) is 0.542. The van der Waals surface area contributed by atoms with Crippen molar-refractivity contribution < 1.29 is 28.2 Å². The van der Waals surface area contributed by atoms with Gasteiger partial charge in [0, 0.05) is 37.2 Å². The Labute approximate surface area is 191 Å². The van der Waals surface area contributed by atoms with E-state index < -0.39 is 30.7 Å². The van der Waals surface area contributed by atoms with E-state index in [1.165, 1.54) is 11.8 Å². The van der Waals surface area contributed by atoms with Crippen LogP contribution in [0, 0.1) is 0 Å². The predicted octanol–water partition coefficient (Wildman–Crippen LogP) is 4.60. The normalized spacial score (nSPS) is 15.9. The van der Waals surface area contributed by atoms with Crippen LogP contribution in [0.3, 0.4) is 0 Å². The van der Waals surface area contributed by atoms with Crippen LogP contribution in [0.2, 0.25) is 0 Å². The van der Waals surface area contributed by atoms with E-state index in [1.807, 2.05) is 6.07 Å². The Kier molecular flexibility index (Phi) is 7.25. The first-order valence-corrected chi connectivity index (χ1v) is 11.5. The highest BCUT2D eigenvalue weighted by molar-refractivity contribution is 5.68. The first-order chi connectivity index (χ1) is 15.9. The van der Waals surface area contributed by atoms with Crippen LogP contribution in [0.15, 0.2) is 24.4 Å². The second kappa shape index (κ2) is 10.3. The summed E-state index contributed by atoms with van der Waals surface area (Å²) < 4.78 is 40.4. The van der Waals surface area contributed by atoms with Crippen LogP contribution in [0.4, 0.5) is 14.6 Å². The Morgan fingerprint density at radius 3 is 2.94 bits per heavy atom. The van der Waals surface area contributed by atoms with Gasteiger partial charge in [0.15, 0.2) is 5.75 Å². The highest BCUT2D eigenvalue weighted by Gasteiger charge is 2.34. The van der Waals surface area contributed by atoms with Gasteiger partial charge in [-0.05, 0) is 55.4 Å². The molecule has 0 bridgehead atoms. The molecule has 0 radical (unpaired) electrons. The largest absolute Gasteiger partial charge is 0.484 e. The number of rotatable bonds is 10. The van der Waals surface area contributed by atoms with Crippen molar-refractivity contribution in [3.8, 4) is 11.6 Å². The van der Waals surface area contributed by atoms with Crippen molar-refractivity contribution in [2.45, 2.75) is 63.2 Å². The number of nitrogens with one attached hydrogen (secondary N) is 1. The highest BCUT2D eigenvalue weighted by atomic mass is 19.3. The topological polar surface area (TPSA) is 93.6 Å². The summed E-state index contributed by atoms with van der Waals surface area (Å²) in [6.45, 7) is 1.62. The van der Waals surface area contributed by atoms with Gasteiger partial charge < -0.3 is 19.9 Å². The number of fused-ring (bicyclic) bond motifs is 2. The lowest BCUT2D eigenvalue weighted by Crippen LogP contribution is -2.22. The summed E-state index contributed by atoms with van der Waals surface area (Å²) in [7, 11) is 0. The minimum absolute atomic E-state index is 0.301. The molecule has 2 aromatic heterocycles. The number of hydrogen-bond donors (Lipinski definition) is 2. The maximum atomic E-state index is 14.8. The Morgan fingerprint density at radius 1 is 1.24 bits per heavy atom. The zero-order valence-corrected chi connectivity index (χ0v) is 18.5. The second-order valence-corrected chi connectivity index (χ2v) is 8.67. The zero-order valence-electron chi connectivity index (χ0n) is 18.5. The average molecular weight is 462 g/mol. The van der Waals surface area contributed by atoms with E-state index in [4.69, 9.17) is 9.47 Å². The number of unbranched alkanes of at least 4 members (excludes halogenated alkanes) is 1. The van der Waals surface area contributed by atoms with Gasteiger partial charge in [0.1, 0.15) is 19.0 Å². The molecule has 2 N–H and O–H groups in total. The molecule has 2 aromatic rings. The summed E-state index contributed by atoms with van der Waals surface area (Å²) in [6, 6.07) is 5.61. The second-order valence-electron chi connectivity index (χ2n) is 8.67.